The third-order valence-corrected chi connectivity index (χ3v) is 6.40. The fourth-order valence-electron chi connectivity index (χ4n) is 3.50. The third kappa shape index (κ3) is 6.25. The van der Waals surface area contributed by atoms with Gasteiger partial charge in [0.2, 0.25) is 5.91 Å². The molecule has 0 fully saturated rings. The van der Waals surface area contributed by atoms with Gasteiger partial charge in [0.05, 0.1) is 18.3 Å². The summed E-state index contributed by atoms with van der Waals surface area (Å²) in [5.74, 6) is -1.66. The number of ether oxygens (including phenoxy) is 1. The lowest BCUT2D eigenvalue weighted by atomic mass is 10.0. The molecule has 0 spiro atoms. The van der Waals surface area contributed by atoms with Gasteiger partial charge in [-0.2, -0.15) is 0 Å². The monoisotopic (exact) mass is 476 g/mol. The number of nitrogens with one attached hydrogen (secondary N) is 1. The van der Waals surface area contributed by atoms with Gasteiger partial charge in [0.25, 0.3) is 0 Å². The number of carboxylic acid groups (broad SMARTS) is 1. The van der Waals surface area contributed by atoms with Crippen LogP contribution < -0.4 is 10.2 Å². The average Bonchev–Trinajstić information content (AvgIpc) is 2.89. The van der Waals surface area contributed by atoms with E-state index in [0.29, 0.717) is 29.3 Å². The van der Waals surface area contributed by atoms with Crippen molar-refractivity contribution in [1.29, 1.82) is 0 Å². The molecule has 0 bridgehead atoms. The highest BCUT2D eigenvalue weighted by Crippen LogP contribution is 2.36. The molecule has 1 heterocycles. The summed E-state index contributed by atoms with van der Waals surface area (Å²) in [5.41, 5.74) is 1.52. The highest BCUT2D eigenvalue weighted by molar-refractivity contribution is 7.99. The first-order valence-corrected chi connectivity index (χ1v) is 11.7. The Balaban J connectivity index is 1.82. The number of halogens is 1. The lowest BCUT2D eigenvalue weighted by molar-refractivity contribution is -0.146. The van der Waals surface area contributed by atoms with Crippen LogP contribution >= 0.6 is 23.4 Å². The number of thioether (sulfide) groups is 1. The Morgan fingerprint density at radius 3 is 2.72 bits per heavy atom. The predicted octanol–water partition coefficient (Wildman–Crippen LogP) is 3.39. The van der Waals surface area contributed by atoms with Gasteiger partial charge in [-0.25, -0.2) is 0 Å². The van der Waals surface area contributed by atoms with Crippen LogP contribution in [0.3, 0.4) is 0 Å². The van der Waals surface area contributed by atoms with Crippen LogP contribution in [0, 0.1) is 0 Å². The van der Waals surface area contributed by atoms with Crippen LogP contribution in [-0.4, -0.2) is 53.9 Å². The number of benzene rings is 2. The number of carbonyl (C=O) groups excluding carboxylic acids is 2. The lowest BCUT2D eigenvalue weighted by Crippen LogP contribution is -2.54. The molecule has 170 valence electrons. The summed E-state index contributed by atoms with van der Waals surface area (Å²) < 4.78 is 5.22. The van der Waals surface area contributed by atoms with Crippen molar-refractivity contribution in [3.05, 3.63) is 59.1 Å². The summed E-state index contributed by atoms with van der Waals surface area (Å²) in [5, 5.41) is 12.9. The van der Waals surface area contributed by atoms with E-state index in [1.165, 1.54) is 16.7 Å². The minimum atomic E-state index is -1.14. The van der Waals surface area contributed by atoms with E-state index in [1.807, 2.05) is 30.3 Å². The van der Waals surface area contributed by atoms with E-state index in [2.05, 4.69) is 5.32 Å². The molecule has 3 rings (SSSR count). The summed E-state index contributed by atoms with van der Waals surface area (Å²) in [6.07, 6.45) is 1.06. The van der Waals surface area contributed by atoms with Crippen molar-refractivity contribution in [2.45, 2.75) is 36.7 Å². The number of amides is 1. The minimum absolute atomic E-state index is 0.227. The zero-order valence-corrected chi connectivity index (χ0v) is 19.2. The molecule has 2 aromatic carbocycles. The van der Waals surface area contributed by atoms with Crippen LogP contribution in [0.4, 0.5) is 5.69 Å². The summed E-state index contributed by atoms with van der Waals surface area (Å²) in [6, 6.07) is 13.3. The van der Waals surface area contributed by atoms with Crippen molar-refractivity contribution < 1.29 is 24.2 Å². The van der Waals surface area contributed by atoms with Gasteiger partial charge in [0.15, 0.2) is 0 Å². The lowest BCUT2D eigenvalue weighted by Gasteiger charge is -2.27. The molecule has 0 saturated heterocycles. The maximum atomic E-state index is 13.3. The molecule has 1 unspecified atom stereocenters. The highest BCUT2D eigenvalue weighted by Gasteiger charge is 2.35. The van der Waals surface area contributed by atoms with Crippen LogP contribution in [0.15, 0.2) is 53.4 Å². The van der Waals surface area contributed by atoms with Crippen molar-refractivity contribution in [2.24, 2.45) is 0 Å². The second kappa shape index (κ2) is 11.4. The Bertz CT molecular complexity index is 972. The molecule has 2 atom stereocenters. The molecule has 32 heavy (non-hydrogen) atoms. The van der Waals surface area contributed by atoms with Crippen LogP contribution in [0.25, 0.3) is 0 Å². The smallest absolute Gasteiger partial charge is 0.323 e. The number of aryl methyl sites for hydroxylation is 1. The van der Waals surface area contributed by atoms with E-state index in [0.717, 1.165) is 10.5 Å². The molecule has 0 aromatic heterocycles. The standard InChI is InChI=1S/C23H25ClN2O5S/c1-2-31-23(30)17(10-8-15-6-4-3-5-7-15)25-18-14-32-20-11-9-16(24)12-19(20)26(22(18)29)13-21(27)28/h3-7,9,11-12,17-18,25H,2,8,10,13-14H2,1H3,(H,27,28)/t17?,18-/m0/s1. The number of nitrogens with zero attached hydrogens (tertiary/aromatic N) is 1. The van der Waals surface area contributed by atoms with Gasteiger partial charge in [0.1, 0.15) is 12.6 Å². The molecule has 0 radical (unpaired) electrons. The zero-order valence-electron chi connectivity index (χ0n) is 17.6. The maximum Gasteiger partial charge on any atom is 0.323 e. The van der Waals surface area contributed by atoms with E-state index >= 15 is 0 Å². The zero-order chi connectivity index (χ0) is 23.1. The second-order valence-corrected chi connectivity index (χ2v) is 8.79. The quantitative estimate of drug-likeness (QED) is 0.535. The molecule has 1 aliphatic rings. The van der Waals surface area contributed by atoms with E-state index in [1.54, 1.807) is 25.1 Å². The maximum absolute atomic E-state index is 13.3. The minimum Gasteiger partial charge on any atom is -0.480 e. The number of carboxylic acids is 1. The Hall–Kier alpha value is -2.55. The van der Waals surface area contributed by atoms with Gasteiger partial charge in [-0.05, 0) is 43.5 Å². The molecule has 2 N–H and O–H groups in total. The number of rotatable bonds is 9. The van der Waals surface area contributed by atoms with Crippen molar-refractivity contribution in [1.82, 2.24) is 5.32 Å². The first-order valence-electron chi connectivity index (χ1n) is 10.3. The summed E-state index contributed by atoms with van der Waals surface area (Å²) >= 11 is 7.52. The van der Waals surface area contributed by atoms with Gasteiger partial charge < -0.3 is 9.84 Å². The first-order chi connectivity index (χ1) is 15.4. The number of aliphatic carboxylic acids is 1. The average molecular weight is 477 g/mol. The van der Waals surface area contributed by atoms with Crippen LogP contribution in [0.5, 0.6) is 0 Å². The van der Waals surface area contributed by atoms with Gasteiger partial charge in [-0.1, -0.05) is 41.9 Å². The van der Waals surface area contributed by atoms with E-state index < -0.39 is 36.5 Å². The number of fused-ring (bicyclic) bond motifs is 1. The molecular weight excluding hydrogens is 452 g/mol. The molecule has 1 aliphatic heterocycles. The van der Waals surface area contributed by atoms with Crippen LogP contribution in [0.1, 0.15) is 18.9 Å². The van der Waals surface area contributed by atoms with E-state index in [4.69, 9.17) is 16.3 Å². The normalized spacial score (nSPS) is 16.8. The molecule has 9 heteroatoms. The Morgan fingerprint density at radius 1 is 1.28 bits per heavy atom. The summed E-state index contributed by atoms with van der Waals surface area (Å²) in [4.78, 5) is 39.4. The summed E-state index contributed by atoms with van der Waals surface area (Å²) in [7, 11) is 0. The molecule has 7 nitrogen and oxygen atoms in total. The second-order valence-electron chi connectivity index (χ2n) is 7.29. The summed E-state index contributed by atoms with van der Waals surface area (Å²) in [6.45, 7) is 1.46. The SMILES string of the molecule is CCOC(=O)C(CCc1ccccc1)N[C@H]1CSc2ccc(Cl)cc2N(CC(=O)O)C1=O. The fraction of sp³-hybridized carbons (Fsp3) is 0.348. The first kappa shape index (κ1) is 24.1. The predicted molar refractivity (Wildman–Crippen MR) is 124 cm³/mol. The van der Waals surface area contributed by atoms with Gasteiger partial charge in [-0.3, -0.25) is 24.6 Å². The Kier molecular flexibility index (Phi) is 8.55. The molecule has 1 amide bonds. The van der Waals surface area contributed by atoms with Crippen molar-refractivity contribution in [2.75, 3.05) is 23.8 Å². The number of anilines is 1. The topological polar surface area (TPSA) is 95.9 Å². The highest BCUT2D eigenvalue weighted by atomic mass is 35.5. The third-order valence-electron chi connectivity index (χ3n) is 5.01. The molecule has 0 saturated carbocycles. The number of hydrogen-bond acceptors (Lipinski definition) is 6. The van der Waals surface area contributed by atoms with Crippen LogP contribution in [0.2, 0.25) is 5.02 Å². The molecule has 2 aromatic rings. The van der Waals surface area contributed by atoms with Crippen molar-refractivity contribution in [3.8, 4) is 0 Å². The fourth-order valence-corrected chi connectivity index (χ4v) is 4.74. The number of carbonyl (C=O) groups is 3. The number of hydrogen-bond donors (Lipinski definition) is 2. The van der Waals surface area contributed by atoms with Crippen LogP contribution in [-0.2, 0) is 25.5 Å². The van der Waals surface area contributed by atoms with Crippen molar-refractivity contribution >= 4 is 46.9 Å². The number of esters is 1. The Labute approximate surface area is 196 Å². The molecule has 0 aliphatic carbocycles. The van der Waals surface area contributed by atoms with Gasteiger partial charge >= 0.3 is 11.9 Å². The van der Waals surface area contributed by atoms with E-state index in [-0.39, 0.29) is 6.61 Å². The van der Waals surface area contributed by atoms with Gasteiger partial charge in [0, 0.05) is 15.7 Å². The Morgan fingerprint density at radius 2 is 2.03 bits per heavy atom. The molecular formula is C23H25ClN2O5S. The van der Waals surface area contributed by atoms with E-state index in [9.17, 15) is 19.5 Å². The van der Waals surface area contributed by atoms with Gasteiger partial charge in [-0.15, -0.1) is 11.8 Å². The largest absolute Gasteiger partial charge is 0.480 e. The van der Waals surface area contributed by atoms with Crippen molar-refractivity contribution in [3.63, 3.8) is 0 Å².